The number of nitroso groups, excluding NO2 is 2. The fraction of sp³-hybridized carbons (Fsp3) is 0.312. The van der Waals surface area contributed by atoms with Crippen LogP contribution in [-0.4, -0.2) is 41.2 Å². The zero-order chi connectivity index (χ0) is 40.8. The molecule has 0 unspecified atom stereocenters. The van der Waals surface area contributed by atoms with Crippen LogP contribution in [-0.2, 0) is 17.1 Å². The molecular weight excluding hydrogens is 877 g/mol. The van der Waals surface area contributed by atoms with E-state index in [4.69, 9.17) is 83.7 Å². The molecule has 0 aliphatic heterocycles. The molecule has 0 N–H and O–H groups in total. The van der Waals surface area contributed by atoms with E-state index in [-0.39, 0.29) is 27.7 Å². The molecule has 2 aromatic carbocycles. The van der Waals surface area contributed by atoms with Crippen molar-refractivity contribution >= 4 is 58.0 Å². The van der Waals surface area contributed by atoms with Crippen molar-refractivity contribution in [2.24, 2.45) is 0 Å². The summed E-state index contributed by atoms with van der Waals surface area (Å²) in [4.78, 5) is 32.4. The van der Waals surface area contributed by atoms with Crippen LogP contribution in [0.3, 0.4) is 0 Å². The standard InChI is InChI=1S/2C15H17N2O.2CH2Cl2.2ClHO4.Cu/c2*1-15(2,3)17(18)14-10-9-13(11-16-14)12-7-5-4-6-8-12;2*2-1-3;2*2-1(3,4)5;/h2*4-11H,1-3H3;2*1H2;2*(H,2,3,4,5);/q2*+1;;;;;/p-2. The first kappa shape index (κ1) is 55.2. The van der Waals surface area contributed by atoms with Crippen LogP contribution in [0.25, 0.3) is 22.3 Å². The molecule has 14 nitrogen and oxygen atoms in total. The first-order valence-electron chi connectivity index (χ1n) is 14.2. The first-order chi connectivity index (χ1) is 23.8. The van der Waals surface area contributed by atoms with Crippen molar-refractivity contribution in [3.8, 4) is 22.3 Å². The van der Waals surface area contributed by atoms with Crippen LogP contribution >= 0.6 is 46.4 Å². The SMILES string of the molecule is CC(C)(C)[N+](=O)c1ccc(-c2ccccc2)cn1.CC(C)(C)[N+](=O)c1ccc(-c2ccccc2)cn1.ClCCl.ClCCl.[Cu].[O-][Cl+3]([O-])([O-])[O-].[O-][Cl+3]([O-])([O-])[O-]. The Hall–Kier alpha value is -2.12. The molecule has 53 heavy (non-hydrogen) atoms. The van der Waals surface area contributed by atoms with E-state index in [1.807, 2.05) is 114 Å². The van der Waals surface area contributed by atoms with Gasteiger partial charge in [0.1, 0.15) is 23.5 Å². The van der Waals surface area contributed by atoms with Crippen molar-refractivity contribution in [1.82, 2.24) is 9.97 Å². The maximum absolute atomic E-state index is 12.0. The van der Waals surface area contributed by atoms with E-state index < -0.39 is 31.6 Å². The van der Waals surface area contributed by atoms with Crippen molar-refractivity contribution < 1.29 is 84.3 Å². The van der Waals surface area contributed by atoms with Crippen LogP contribution in [0.4, 0.5) is 11.6 Å². The number of hydrogen-bond acceptors (Lipinski definition) is 12. The molecule has 4 aromatic rings. The molecule has 0 fully saturated rings. The Bertz CT molecular complexity index is 1430. The second-order valence-electron chi connectivity index (χ2n) is 11.4. The summed E-state index contributed by atoms with van der Waals surface area (Å²) in [5, 5.41) is 0.389. The molecular formula is C32H38Cl6CuN4O10. The molecule has 0 saturated heterocycles. The molecule has 0 spiro atoms. The molecule has 0 aliphatic carbocycles. The minimum Gasteiger partial charge on any atom is -0.222 e. The van der Waals surface area contributed by atoms with Gasteiger partial charge in [-0.2, -0.15) is 0 Å². The van der Waals surface area contributed by atoms with Crippen LogP contribution in [0.5, 0.6) is 0 Å². The van der Waals surface area contributed by atoms with Gasteiger partial charge in [0.05, 0.1) is 10.7 Å². The van der Waals surface area contributed by atoms with E-state index in [0.717, 1.165) is 31.8 Å². The average molecular weight is 915 g/mol. The summed E-state index contributed by atoms with van der Waals surface area (Å²) in [5.74, 6) is 0.893. The summed E-state index contributed by atoms with van der Waals surface area (Å²) in [6, 6.07) is 27.4. The third-order valence-electron chi connectivity index (χ3n) is 5.34. The van der Waals surface area contributed by atoms with Gasteiger partial charge in [-0.15, -0.1) is 66.9 Å². The van der Waals surface area contributed by atoms with Crippen LogP contribution in [0.1, 0.15) is 41.5 Å². The third kappa shape index (κ3) is 29.9. The predicted octanol–water partition coefficient (Wildman–Crippen LogP) is 1.24. The summed E-state index contributed by atoms with van der Waals surface area (Å²) in [7, 11) is -9.89. The zero-order valence-electron chi connectivity index (χ0n) is 29.1. The molecule has 2 heterocycles. The van der Waals surface area contributed by atoms with Crippen molar-refractivity contribution in [1.29, 1.82) is 0 Å². The maximum Gasteiger partial charge on any atom is 0.361 e. The minimum atomic E-state index is -4.94. The van der Waals surface area contributed by atoms with Crippen molar-refractivity contribution in [2.75, 3.05) is 10.7 Å². The van der Waals surface area contributed by atoms with Gasteiger partial charge in [0.2, 0.25) is 0 Å². The van der Waals surface area contributed by atoms with E-state index in [0.29, 0.717) is 11.6 Å². The quantitative estimate of drug-likeness (QED) is 0.159. The monoisotopic (exact) mass is 911 g/mol. The van der Waals surface area contributed by atoms with Gasteiger partial charge in [0.25, 0.3) is 0 Å². The zero-order valence-corrected chi connectivity index (χ0v) is 34.6. The number of halogens is 6. The Morgan fingerprint density at radius 2 is 0.717 bits per heavy atom. The molecule has 0 aliphatic rings. The van der Waals surface area contributed by atoms with Crippen LogP contribution < -0.4 is 37.3 Å². The summed E-state index contributed by atoms with van der Waals surface area (Å²) >= 11 is 19.1. The van der Waals surface area contributed by atoms with Gasteiger partial charge in [-0.3, -0.25) is 0 Å². The number of alkyl halides is 4. The van der Waals surface area contributed by atoms with Gasteiger partial charge >= 0.3 is 11.6 Å². The molecule has 0 bridgehead atoms. The molecule has 2 aromatic heterocycles. The minimum absolute atomic E-state index is 0. The van der Waals surface area contributed by atoms with Crippen LogP contribution in [0, 0.1) is 30.3 Å². The number of benzene rings is 2. The van der Waals surface area contributed by atoms with Crippen molar-refractivity contribution in [3.05, 3.63) is 107 Å². The van der Waals surface area contributed by atoms with Gasteiger partial charge in [0, 0.05) is 40.3 Å². The summed E-state index contributed by atoms with van der Waals surface area (Å²) in [6.07, 6.45) is 3.47. The van der Waals surface area contributed by atoms with E-state index in [1.165, 1.54) is 0 Å². The van der Waals surface area contributed by atoms with E-state index in [1.54, 1.807) is 24.5 Å². The summed E-state index contributed by atoms with van der Waals surface area (Å²) in [6.45, 7) is 11.2. The Balaban J connectivity index is -0.000000666. The summed E-state index contributed by atoms with van der Waals surface area (Å²) < 4.78 is 69.8. The van der Waals surface area contributed by atoms with Gasteiger partial charge in [0.15, 0.2) is 0 Å². The second-order valence-corrected chi connectivity index (χ2v) is 14.6. The molecule has 4 rings (SSSR count). The van der Waals surface area contributed by atoms with Crippen molar-refractivity contribution in [2.45, 2.75) is 52.6 Å². The predicted molar refractivity (Wildman–Crippen MR) is 179 cm³/mol. The van der Waals surface area contributed by atoms with Gasteiger partial charge in [-0.1, -0.05) is 70.5 Å². The van der Waals surface area contributed by atoms with E-state index in [2.05, 4.69) is 9.97 Å². The summed E-state index contributed by atoms with van der Waals surface area (Å²) in [5.41, 5.74) is 3.29. The first-order valence-corrected chi connectivity index (χ1v) is 18.9. The molecule has 1 radical (unpaired) electrons. The number of rotatable bonds is 4. The van der Waals surface area contributed by atoms with Crippen LogP contribution in [0.2, 0.25) is 0 Å². The molecule has 0 amide bonds. The maximum atomic E-state index is 12.0. The fourth-order valence-electron chi connectivity index (χ4n) is 3.30. The van der Waals surface area contributed by atoms with E-state index >= 15 is 0 Å². The van der Waals surface area contributed by atoms with Gasteiger partial charge < -0.3 is 0 Å². The molecule has 0 saturated carbocycles. The van der Waals surface area contributed by atoms with Crippen LogP contribution in [0.15, 0.2) is 97.3 Å². The Morgan fingerprint density at radius 3 is 0.887 bits per heavy atom. The third-order valence-corrected chi connectivity index (χ3v) is 5.34. The smallest absolute Gasteiger partial charge is 0.222 e. The Kier molecular flexibility index (Phi) is 28.6. The van der Waals surface area contributed by atoms with Gasteiger partial charge in [-0.25, -0.2) is 37.3 Å². The largest absolute Gasteiger partial charge is 0.361 e. The fourth-order valence-corrected chi connectivity index (χ4v) is 3.30. The molecule has 21 heteroatoms. The number of aromatic nitrogens is 2. The molecule has 0 atom stereocenters. The van der Waals surface area contributed by atoms with Crippen molar-refractivity contribution in [3.63, 3.8) is 0 Å². The Morgan fingerprint density at radius 1 is 0.491 bits per heavy atom. The topological polar surface area (TPSA) is 250 Å². The average Bonchev–Trinajstić information content (AvgIpc) is 3.04. The van der Waals surface area contributed by atoms with E-state index in [9.17, 15) is 9.81 Å². The normalized spacial score (nSPS) is 10.6. The number of pyridine rings is 2. The number of nitrogens with zero attached hydrogens (tertiary/aromatic N) is 4. The van der Waals surface area contributed by atoms with Gasteiger partial charge in [-0.05, 0) is 84.3 Å². The Labute approximate surface area is 343 Å². The molecule has 299 valence electrons. The second kappa shape index (κ2) is 27.5. The number of hydrogen-bond donors (Lipinski definition) is 0.